The third-order valence-electron chi connectivity index (χ3n) is 3.57. The molecule has 2 rings (SSSR count). The molecule has 3 heteroatoms. The number of aliphatic hydroxyl groups excluding tert-OH is 1. The number of aliphatic hydroxyl groups is 1. The fourth-order valence-electron chi connectivity index (χ4n) is 2.22. The number of benzene rings is 2. The van der Waals surface area contributed by atoms with Crippen molar-refractivity contribution in [2.45, 2.75) is 32.2 Å². The molecule has 2 nitrogen and oxygen atoms in total. The fourth-order valence-corrected chi connectivity index (χ4v) is 2.22. The maximum absolute atomic E-state index is 13.7. The summed E-state index contributed by atoms with van der Waals surface area (Å²) in [6.07, 6.45) is 0. The van der Waals surface area contributed by atoms with Crippen LogP contribution in [0.4, 0.5) is 10.1 Å². The van der Waals surface area contributed by atoms with Crippen molar-refractivity contribution in [3.8, 4) is 0 Å². The molecule has 0 aliphatic rings. The van der Waals surface area contributed by atoms with Crippen LogP contribution in [0.2, 0.25) is 0 Å². The van der Waals surface area contributed by atoms with Crippen LogP contribution < -0.4 is 5.32 Å². The van der Waals surface area contributed by atoms with Crippen LogP contribution in [0.3, 0.4) is 0 Å². The van der Waals surface area contributed by atoms with Crippen molar-refractivity contribution in [2.24, 2.45) is 0 Å². The van der Waals surface area contributed by atoms with Crippen molar-refractivity contribution in [3.05, 3.63) is 65.5 Å². The summed E-state index contributed by atoms with van der Waals surface area (Å²) >= 11 is 0. The second-order valence-corrected chi connectivity index (χ2v) is 6.23. The quantitative estimate of drug-likeness (QED) is 0.880. The first-order chi connectivity index (χ1) is 9.91. The van der Waals surface area contributed by atoms with Crippen LogP contribution in [-0.2, 0) is 5.41 Å². The van der Waals surface area contributed by atoms with Crippen LogP contribution in [0.15, 0.2) is 48.5 Å². The van der Waals surface area contributed by atoms with Crippen molar-refractivity contribution in [1.29, 1.82) is 0 Å². The first kappa shape index (κ1) is 15.5. The highest BCUT2D eigenvalue weighted by Gasteiger charge is 2.16. The largest absolute Gasteiger partial charge is 0.394 e. The molecule has 2 N–H and O–H groups in total. The van der Waals surface area contributed by atoms with Crippen molar-refractivity contribution < 1.29 is 9.50 Å². The predicted octanol–water partition coefficient (Wildman–Crippen LogP) is 4.27. The van der Waals surface area contributed by atoms with Crippen LogP contribution in [-0.4, -0.2) is 11.7 Å². The lowest BCUT2D eigenvalue weighted by Gasteiger charge is -2.22. The van der Waals surface area contributed by atoms with E-state index in [0.717, 1.165) is 5.56 Å². The normalized spacial score (nSPS) is 13.0. The first-order valence-electron chi connectivity index (χ1n) is 7.14. The Labute approximate surface area is 125 Å². The Morgan fingerprint density at radius 3 is 2.19 bits per heavy atom. The molecule has 0 saturated heterocycles. The molecule has 1 atom stereocenters. The van der Waals surface area contributed by atoms with Gasteiger partial charge in [0.2, 0.25) is 0 Å². The Kier molecular flexibility index (Phi) is 4.63. The summed E-state index contributed by atoms with van der Waals surface area (Å²) in [6.45, 7) is 6.37. The minimum Gasteiger partial charge on any atom is -0.394 e. The molecule has 0 aliphatic carbocycles. The Bertz CT molecular complexity index is 587. The maximum atomic E-state index is 13.7. The predicted molar refractivity (Wildman–Crippen MR) is 85.0 cm³/mol. The molecule has 0 radical (unpaired) electrons. The van der Waals surface area contributed by atoms with E-state index in [2.05, 4.69) is 38.2 Å². The van der Waals surface area contributed by atoms with E-state index in [9.17, 15) is 9.50 Å². The Balaban J connectivity index is 2.20. The molecule has 0 aliphatic heterocycles. The van der Waals surface area contributed by atoms with Crippen molar-refractivity contribution in [1.82, 2.24) is 0 Å². The molecule has 112 valence electrons. The van der Waals surface area contributed by atoms with Gasteiger partial charge in [0.1, 0.15) is 5.82 Å². The molecule has 2 aromatic carbocycles. The molecule has 1 unspecified atom stereocenters. The number of rotatable bonds is 4. The summed E-state index contributed by atoms with van der Waals surface area (Å²) in [5.74, 6) is -0.317. The van der Waals surface area contributed by atoms with Gasteiger partial charge in [0.15, 0.2) is 0 Å². The van der Waals surface area contributed by atoms with Gasteiger partial charge >= 0.3 is 0 Å². The average molecular weight is 287 g/mol. The summed E-state index contributed by atoms with van der Waals surface area (Å²) in [5, 5.41) is 12.6. The lowest BCUT2D eigenvalue weighted by molar-refractivity contribution is 0.276. The van der Waals surface area contributed by atoms with Crippen molar-refractivity contribution in [3.63, 3.8) is 0 Å². The van der Waals surface area contributed by atoms with Crippen molar-refractivity contribution >= 4 is 5.69 Å². The SMILES string of the molecule is CC(C)(C)c1ccc(C(CO)Nc2ccccc2F)cc1. The minimum absolute atomic E-state index is 0.0895. The summed E-state index contributed by atoms with van der Waals surface area (Å²) < 4.78 is 13.7. The minimum atomic E-state index is -0.323. The average Bonchev–Trinajstić information content (AvgIpc) is 2.46. The lowest BCUT2D eigenvalue weighted by Crippen LogP contribution is -2.16. The fraction of sp³-hybridized carbons (Fsp3) is 0.333. The topological polar surface area (TPSA) is 32.3 Å². The van der Waals surface area contributed by atoms with Crippen molar-refractivity contribution in [2.75, 3.05) is 11.9 Å². The van der Waals surface area contributed by atoms with E-state index in [-0.39, 0.29) is 23.9 Å². The van der Waals surface area contributed by atoms with Gasteiger partial charge in [0.05, 0.1) is 18.3 Å². The standard InChI is InChI=1S/C18H22FNO/c1-18(2,3)14-10-8-13(9-11-14)17(12-21)20-16-7-5-4-6-15(16)19/h4-11,17,20-21H,12H2,1-3H3. The second kappa shape index (κ2) is 6.27. The lowest BCUT2D eigenvalue weighted by atomic mass is 9.86. The van der Waals surface area contributed by atoms with E-state index < -0.39 is 0 Å². The van der Waals surface area contributed by atoms with E-state index in [4.69, 9.17) is 0 Å². The van der Waals surface area contributed by atoms with Crippen LogP contribution in [0, 0.1) is 5.82 Å². The summed E-state index contributed by atoms with van der Waals surface area (Å²) in [4.78, 5) is 0. The molecule has 0 spiro atoms. The zero-order chi connectivity index (χ0) is 15.5. The van der Waals surface area contributed by atoms with E-state index in [0.29, 0.717) is 5.69 Å². The maximum Gasteiger partial charge on any atom is 0.146 e. The zero-order valence-electron chi connectivity index (χ0n) is 12.7. The van der Waals surface area contributed by atoms with E-state index >= 15 is 0 Å². The molecule has 0 heterocycles. The molecule has 0 bridgehead atoms. The molecular formula is C18H22FNO. The van der Waals surface area contributed by atoms with Gasteiger partial charge in [-0.05, 0) is 28.7 Å². The number of nitrogens with one attached hydrogen (secondary N) is 1. The molecule has 0 saturated carbocycles. The summed E-state index contributed by atoms with van der Waals surface area (Å²) in [6, 6.07) is 14.2. The second-order valence-electron chi connectivity index (χ2n) is 6.23. The highest BCUT2D eigenvalue weighted by atomic mass is 19.1. The van der Waals surface area contributed by atoms with Gasteiger partial charge in [0.25, 0.3) is 0 Å². The van der Waals surface area contributed by atoms with Crippen LogP contribution in [0.5, 0.6) is 0 Å². The smallest absolute Gasteiger partial charge is 0.146 e. The van der Waals surface area contributed by atoms with Gasteiger partial charge in [0, 0.05) is 0 Å². The van der Waals surface area contributed by atoms with Crippen LogP contribution in [0.1, 0.15) is 37.9 Å². The van der Waals surface area contributed by atoms with E-state index in [1.54, 1.807) is 18.2 Å². The van der Waals surface area contributed by atoms with Gasteiger partial charge in [-0.3, -0.25) is 0 Å². The number of hydrogen-bond acceptors (Lipinski definition) is 2. The molecular weight excluding hydrogens is 265 g/mol. The Hall–Kier alpha value is -1.87. The number of anilines is 1. The number of hydrogen-bond donors (Lipinski definition) is 2. The molecule has 2 aromatic rings. The Morgan fingerprint density at radius 1 is 1.05 bits per heavy atom. The zero-order valence-corrected chi connectivity index (χ0v) is 12.7. The molecule has 0 amide bonds. The molecule has 0 fully saturated rings. The van der Waals surface area contributed by atoms with Gasteiger partial charge in [-0.25, -0.2) is 4.39 Å². The monoisotopic (exact) mass is 287 g/mol. The van der Waals surface area contributed by atoms with Gasteiger partial charge in [-0.1, -0.05) is 57.2 Å². The van der Waals surface area contributed by atoms with E-state index in [1.165, 1.54) is 11.6 Å². The van der Waals surface area contributed by atoms with E-state index in [1.807, 2.05) is 12.1 Å². The summed E-state index contributed by atoms with van der Waals surface area (Å²) in [5.41, 5.74) is 2.66. The van der Waals surface area contributed by atoms with Gasteiger partial charge in [-0.2, -0.15) is 0 Å². The number of para-hydroxylation sites is 1. The molecule has 21 heavy (non-hydrogen) atoms. The Morgan fingerprint density at radius 2 is 1.67 bits per heavy atom. The van der Waals surface area contributed by atoms with Gasteiger partial charge < -0.3 is 10.4 Å². The number of halogens is 1. The third-order valence-corrected chi connectivity index (χ3v) is 3.57. The highest BCUT2D eigenvalue weighted by Crippen LogP contribution is 2.26. The summed E-state index contributed by atoms with van der Waals surface area (Å²) in [7, 11) is 0. The van der Waals surface area contributed by atoms with Crippen LogP contribution >= 0.6 is 0 Å². The van der Waals surface area contributed by atoms with Gasteiger partial charge in [-0.15, -0.1) is 0 Å². The molecule has 0 aromatic heterocycles. The highest BCUT2D eigenvalue weighted by molar-refractivity contribution is 5.47. The third kappa shape index (κ3) is 3.82. The first-order valence-corrected chi connectivity index (χ1v) is 7.14. The van der Waals surface area contributed by atoms with Crippen LogP contribution in [0.25, 0.3) is 0 Å².